The molecule has 2 saturated heterocycles. The molecule has 0 saturated carbocycles. The van der Waals surface area contributed by atoms with Crippen LogP contribution in [0.5, 0.6) is 0 Å². The molecule has 3 unspecified atom stereocenters. The van der Waals surface area contributed by atoms with Gasteiger partial charge >= 0.3 is 0 Å². The molecular formula is C12H24N2O2. The number of nitrogens with zero attached hydrogens (tertiary/aromatic N) is 1. The second-order valence-corrected chi connectivity index (χ2v) is 4.96. The third-order valence-corrected chi connectivity index (χ3v) is 3.69. The Hall–Kier alpha value is -0.160. The van der Waals surface area contributed by atoms with Crippen LogP contribution < -0.4 is 5.73 Å². The lowest BCUT2D eigenvalue weighted by molar-refractivity contribution is -0.0780. The fourth-order valence-corrected chi connectivity index (χ4v) is 2.63. The molecule has 0 aromatic heterocycles. The summed E-state index contributed by atoms with van der Waals surface area (Å²) in [5.41, 5.74) is 5.52. The summed E-state index contributed by atoms with van der Waals surface area (Å²) < 4.78 is 11.5. The van der Waals surface area contributed by atoms with Crippen LogP contribution >= 0.6 is 0 Å². The highest BCUT2D eigenvalue weighted by atomic mass is 16.7. The van der Waals surface area contributed by atoms with Crippen molar-refractivity contribution in [2.45, 2.75) is 50.5 Å². The molecule has 4 heteroatoms. The van der Waals surface area contributed by atoms with Crippen molar-refractivity contribution in [1.82, 2.24) is 4.90 Å². The predicted octanol–water partition coefficient (Wildman–Crippen LogP) is 0.951. The van der Waals surface area contributed by atoms with Gasteiger partial charge in [0.05, 0.1) is 12.7 Å². The van der Waals surface area contributed by atoms with Gasteiger partial charge in [-0.2, -0.15) is 0 Å². The van der Waals surface area contributed by atoms with E-state index in [2.05, 4.69) is 11.9 Å². The molecule has 2 aliphatic rings. The molecule has 0 amide bonds. The first kappa shape index (κ1) is 12.3. The summed E-state index contributed by atoms with van der Waals surface area (Å²) in [6.07, 6.45) is 6.10. The van der Waals surface area contributed by atoms with E-state index in [4.69, 9.17) is 15.2 Å². The minimum atomic E-state index is 0.00194. The van der Waals surface area contributed by atoms with Crippen molar-refractivity contribution in [1.29, 1.82) is 0 Å². The summed E-state index contributed by atoms with van der Waals surface area (Å²) in [6, 6.07) is 0.635. The molecule has 0 radical (unpaired) electrons. The molecule has 3 atom stereocenters. The first-order chi connectivity index (χ1) is 7.79. The van der Waals surface area contributed by atoms with Crippen molar-refractivity contribution < 1.29 is 9.47 Å². The van der Waals surface area contributed by atoms with Gasteiger partial charge < -0.3 is 20.1 Å². The van der Waals surface area contributed by atoms with Gasteiger partial charge in [-0.15, -0.1) is 0 Å². The number of nitrogens with two attached hydrogens (primary N) is 1. The van der Waals surface area contributed by atoms with E-state index < -0.39 is 0 Å². The average molecular weight is 228 g/mol. The topological polar surface area (TPSA) is 47.7 Å². The molecule has 94 valence electrons. The Morgan fingerprint density at radius 2 is 2.25 bits per heavy atom. The van der Waals surface area contributed by atoms with Crippen LogP contribution in [0.15, 0.2) is 0 Å². The number of piperidine rings is 1. The van der Waals surface area contributed by atoms with Gasteiger partial charge in [0.15, 0.2) is 6.29 Å². The quantitative estimate of drug-likeness (QED) is 0.778. The van der Waals surface area contributed by atoms with Crippen molar-refractivity contribution in [3.63, 3.8) is 0 Å². The summed E-state index contributed by atoms with van der Waals surface area (Å²) in [5.74, 6) is 0. The van der Waals surface area contributed by atoms with E-state index in [9.17, 15) is 0 Å². The SMILES string of the molecule is CN1CCCCC1CC1OCC(CCN)O1. The summed E-state index contributed by atoms with van der Waals surface area (Å²) in [5, 5.41) is 0. The first-order valence-electron chi connectivity index (χ1n) is 6.47. The molecular weight excluding hydrogens is 204 g/mol. The zero-order valence-corrected chi connectivity index (χ0v) is 10.2. The molecule has 2 aliphatic heterocycles. The highest BCUT2D eigenvalue weighted by Gasteiger charge is 2.30. The summed E-state index contributed by atoms with van der Waals surface area (Å²) >= 11 is 0. The van der Waals surface area contributed by atoms with E-state index in [1.807, 2.05) is 0 Å². The maximum absolute atomic E-state index is 5.82. The van der Waals surface area contributed by atoms with E-state index in [-0.39, 0.29) is 12.4 Å². The lowest BCUT2D eigenvalue weighted by Crippen LogP contribution is -2.38. The molecule has 16 heavy (non-hydrogen) atoms. The van der Waals surface area contributed by atoms with Crippen LogP contribution in [0, 0.1) is 0 Å². The predicted molar refractivity (Wildman–Crippen MR) is 63.2 cm³/mol. The van der Waals surface area contributed by atoms with E-state index in [1.54, 1.807) is 0 Å². The van der Waals surface area contributed by atoms with Crippen molar-refractivity contribution in [2.24, 2.45) is 5.73 Å². The van der Waals surface area contributed by atoms with Crippen LogP contribution in [0.3, 0.4) is 0 Å². The fraction of sp³-hybridized carbons (Fsp3) is 1.00. The monoisotopic (exact) mass is 228 g/mol. The molecule has 2 fully saturated rings. The maximum Gasteiger partial charge on any atom is 0.159 e. The van der Waals surface area contributed by atoms with Gasteiger partial charge in [-0.1, -0.05) is 6.42 Å². The molecule has 0 aromatic carbocycles. The summed E-state index contributed by atoms with van der Waals surface area (Å²) in [4.78, 5) is 2.44. The van der Waals surface area contributed by atoms with Crippen molar-refractivity contribution >= 4 is 0 Å². The van der Waals surface area contributed by atoms with Gasteiger partial charge in [0.25, 0.3) is 0 Å². The van der Waals surface area contributed by atoms with Crippen molar-refractivity contribution in [3.05, 3.63) is 0 Å². The Morgan fingerprint density at radius 1 is 1.38 bits per heavy atom. The van der Waals surface area contributed by atoms with Crippen LogP contribution in [0.1, 0.15) is 32.1 Å². The zero-order chi connectivity index (χ0) is 11.4. The third kappa shape index (κ3) is 3.17. The van der Waals surface area contributed by atoms with Crippen LogP contribution in [0.2, 0.25) is 0 Å². The van der Waals surface area contributed by atoms with E-state index >= 15 is 0 Å². The molecule has 2 N–H and O–H groups in total. The summed E-state index contributed by atoms with van der Waals surface area (Å²) in [7, 11) is 2.20. The van der Waals surface area contributed by atoms with Crippen molar-refractivity contribution in [2.75, 3.05) is 26.7 Å². The van der Waals surface area contributed by atoms with Gasteiger partial charge in [0.2, 0.25) is 0 Å². The molecule has 2 rings (SSSR count). The molecule has 0 spiro atoms. The van der Waals surface area contributed by atoms with Gasteiger partial charge in [-0.05, 0) is 39.4 Å². The Bertz CT molecular complexity index is 213. The minimum absolute atomic E-state index is 0.00194. The van der Waals surface area contributed by atoms with Gasteiger partial charge in [0, 0.05) is 12.5 Å². The van der Waals surface area contributed by atoms with Crippen molar-refractivity contribution in [3.8, 4) is 0 Å². The second-order valence-electron chi connectivity index (χ2n) is 4.96. The van der Waals surface area contributed by atoms with Crippen LogP contribution in [0.4, 0.5) is 0 Å². The highest BCUT2D eigenvalue weighted by Crippen LogP contribution is 2.24. The molecule has 0 bridgehead atoms. The lowest BCUT2D eigenvalue weighted by atomic mass is 10.00. The largest absolute Gasteiger partial charge is 0.350 e. The van der Waals surface area contributed by atoms with E-state index in [1.165, 1.54) is 25.8 Å². The Morgan fingerprint density at radius 3 is 3.00 bits per heavy atom. The molecule has 0 aromatic rings. The van der Waals surface area contributed by atoms with Crippen LogP contribution in [0.25, 0.3) is 0 Å². The van der Waals surface area contributed by atoms with Crippen LogP contribution in [-0.4, -0.2) is 50.1 Å². The van der Waals surface area contributed by atoms with E-state index in [0.717, 1.165) is 19.4 Å². The highest BCUT2D eigenvalue weighted by molar-refractivity contribution is 4.77. The Balaban J connectivity index is 1.73. The standard InChI is InChI=1S/C12H24N2O2/c1-14-7-3-2-4-10(14)8-12-15-9-11(16-12)5-6-13/h10-12H,2-9,13H2,1H3. The van der Waals surface area contributed by atoms with Gasteiger partial charge in [-0.25, -0.2) is 0 Å². The number of likely N-dealkylation sites (tertiary alicyclic amines) is 1. The number of rotatable bonds is 4. The molecule has 2 heterocycles. The summed E-state index contributed by atoms with van der Waals surface area (Å²) in [6.45, 7) is 2.62. The fourth-order valence-electron chi connectivity index (χ4n) is 2.63. The maximum atomic E-state index is 5.82. The molecule has 0 aliphatic carbocycles. The van der Waals surface area contributed by atoms with E-state index in [0.29, 0.717) is 12.6 Å². The Labute approximate surface area is 98.1 Å². The third-order valence-electron chi connectivity index (χ3n) is 3.69. The number of hydrogen-bond acceptors (Lipinski definition) is 4. The zero-order valence-electron chi connectivity index (χ0n) is 10.2. The smallest absolute Gasteiger partial charge is 0.159 e. The van der Waals surface area contributed by atoms with Crippen LogP contribution in [-0.2, 0) is 9.47 Å². The minimum Gasteiger partial charge on any atom is -0.350 e. The number of hydrogen-bond donors (Lipinski definition) is 1. The average Bonchev–Trinajstić information content (AvgIpc) is 2.70. The lowest BCUT2D eigenvalue weighted by Gasteiger charge is -2.33. The molecule has 4 nitrogen and oxygen atoms in total. The van der Waals surface area contributed by atoms with Gasteiger partial charge in [-0.3, -0.25) is 0 Å². The first-order valence-corrected chi connectivity index (χ1v) is 6.47. The second kappa shape index (κ2) is 5.96. The normalized spacial score (nSPS) is 36.8. The van der Waals surface area contributed by atoms with Gasteiger partial charge in [0.1, 0.15) is 0 Å². The number of ether oxygens (including phenoxy) is 2. The Kier molecular flexibility index (Phi) is 4.58.